The Hall–Kier alpha value is -6.69. The highest BCUT2D eigenvalue weighted by atomic mass is 32.1. The van der Waals surface area contributed by atoms with Crippen LogP contribution in [0.3, 0.4) is 0 Å². The van der Waals surface area contributed by atoms with Gasteiger partial charge in [0.1, 0.15) is 0 Å². The summed E-state index contributed by atoms with van der Waals surface area (Å²) in [6.07, 6.45) is 1.80. The third-order valence-electron chi connectivity index (χ3n) is 10.2. The van der Waals surface area contributed by atoms with Crippen molar-refractivity contribution < 1.29 is 0 Å². The van der Waals surface area contributed by atoms with Crippen LogP contribution in [0, 0.1) is 0 Å². The fourth-order valence-electron chi connectivity index (χ4n) is 7.97. The largest absolute Gasteiger partial charge is 0.308 e. The predicted octanol–water partition coefficient (Wildman–Crippen LogP) is 12.6. The van der Waals surface area contributed by atoms with Gasteiger partial charge in [0.05, 0.1) is 21.4 Å². The Kier molecular flexibility index (Phi) is 6.39. The number of benzene rings is 7. The number of hydrogen-bond acceptors (Lipinski definition) is 4. The molecule has 0 aliphatic carbocycles. The van der Waals surface area contributed by atoms with E-state index in [9.17, 15) is 0 Å². The Labute approximate surface area is 302 Å². The molecule has 5 heteroatoms. The van der Waals surface area contributed by atoms with Gasteiger partial charge in [-0.1, -0.05) is 121 Å². The number of aromatic nitrogens is 4. The molecule has 11 rings (SSSR count). The molecular weight excluding hydrogens is 653 g/mol. The van der Waals surface area contributed by atoms with Crippen molar-refractivity contribution in [2.75, 3.05) is 0 Å². The second-order valence-electron chi connectivity index (χ2n) is 13.2. The molecule has 0 radical (unpaired) electrons. The summed E-state index contributed by atoms with van der Waals surface area (Å²) in [6, 6.07) is 58.2. The molecule has 4 heterocycles. The second kappa shape index (κ2) is 11.4. The minimum atomic E-state index is 0.645. The maximum absolute atomic E-state index is 5.28. The quantitative estimate of drug-likeness (QED) is 0.186. The van der Waals surface area contributed by atoms with Crippen molar-refractivity contribution in [1.29, 1.82) is 0 Å². The van der Waals surface area contributed by atoms with Crippen molar-refractivity contribution in [1.82, 2.24) is 19.5 Å². The number of nitrogens with zero attached hydrogens (tertiary/aromatic N) is 4. The molecule has 11 aromatic rings. The van der Waals surface area contributed by atoms with Gasteiger partial charge in [-0.2, -0.15) is 0 Å². The molecule has 7 aromatic carbocycles. The Bertz CT molecular complexity index is 3190. The standard InChI is InChI=1S/C47H28N4S/c1-2-13-29(14-3-1)30-15-10-16-31(27-30)43-38-23-12-26-48-47(38)50-46(49-43)32-17-11-18-33(28-32)51-39-24-8-6-21-36(39)41-34-19-4-5-20-35(34)42-37-22-7-9-25-40(37)52-45(42)44(41)51/h1-28H. The lowest BCUT2D eigenvalue weighted by atomic mass is 9.99. The zero-order chi connectivity index (χ0) is 34.2. The second-order valence-corrected chi connectivity index (χ2v) is 14.2. The van der Waals surface area contributed by atoms with E-state index in [1.807, 2.05) is 23.5 Å². The van der Waals surface area contributed by atoms with Gasteiger partial charge in [0.2, 0.25) is 0 Å². The van der Waals surface area contributed by atoms with Gasteiger partial charge < -0.3 is 4.57 Å². The first-order valence-electron chi connectivity index (χ1n) is 17.4. The predicted molar refractivity (Wildman–Crippen MR) is 218 cm³/mol. The topological polar surface area (TPSA) is 43.6 Å². The summed E-state index contributed by atoms with van der Waals surface area (Å²) in [5.41, 5.74) is 9.28. The molecule has 242 valence electrons. The number of para-hydroxylation sites is 1. The van der Waals surface area contributed by atoms with Gasteiger partial charge in [-0.15, -0.1) is 11.3 Å². The molecular formula is C47H28N4S. The lowest BCUT2D eigenvalue weighted by Crippen LogP contribution is -1.99. The molecule has 0 bridgehead atoms. The van der Waals surface area contributed by atoms with Crippen LogP contribution in [0.2, 0.25) is 0 Å². The van der Waals surface area contributed by atoms with Gasteiger partial charge in [-0.05, 0) is 64.4 Å². The van der Waals surface area contributed by atoms with Gasteiger partial charge in [0, 0.05) is 54.6 Å². The van der Waals surface area contributed by atoms with E-state index in [2.05, 4.69) is 156 Å². The van der Waals surface area contributed by atoms with E-state index < -0.39 is 0 Å². The van der Waals surface area contributed by atoms with E-state index in [4.69, 9.17) is 15.0 Å². The van der Waals surface area contributed by atoms with Crippen molar-refractivity contribution in [3.05, 3.63) is 170 Å². The van der Waals surface area contributed by atoms with Crippen LogP contribution in [-0.2, 0) is 0 Å². The van der Waals surface area contributed by atoms with Gasteiger partial charge in [0.15, 0.2) is 11.5 Å². The van der Waals surface area contributed by atoms with Crippen LogP contribution < -0.4 is 0 Å². The van der Waals surface area contributed by atoms with Crippen LogP contribution in [-0.4, -0.2) is 19.5 Å². The molecule has 0 fully saturated rings. The highest BCUT2D eigenvalue weighted by molar-refractivity contribution is 7.27. The first kappa shape index (κ1) is 29.1. The molecule has 0 saturated heterocycles. The van der Waals surface area contributed by atoms with Gasteiger partial charge in [-0.3, -0.25) is 0 Å². The zero-order valence-electron chi connectivity index (χ0n) is 27.9. The molecule has 0 aliphatic rings. The average Bonchev–Trinajstić information content (AvgIpc) is 3.78. The van der Waals surface area contributed by atoms with Crippen LogP contribution in [0.15, 0.2) is 170 Å². The lowest BCUT2D eigenvalue weighted by molar-refractivity contribution is 1.17. The minimum Gasteiger partial charge on any atom is -0.308 e. The molecule has 0 spiro atoms. The normalized spacial score (nSPS) is 11.8. The van der Waals surface area contributed by atoms with Crippen molar-refractivity contribution >= 4 is 75.1 Å². The maximum Gasteiger partial charge on any atom is 0.163 e. The Balaban J connectivity index is 1.17. The first-order chi connectivity index (χ1) is 25.8. The summed E-state index contributed by atoms with van der Waals surface area (Å²) < 4.78 is 5.03. The van der Waals surface area contributed by atoms with Crippen molar-refractivity contribution in [2.45, 2.75) is 0 Å². The van der Waals surface area contributed by atoms with Crippen LogP contribution >= 0.6 is 11.3 Å². The van der Waals surface area contributed by atoms with Gasteiger partial charge in [-0.25, -0.2) is 15.0 Å². The minimum absolute atomic E-state index is 0.645. The Morgan fingerprint density at radius 2 is 1.13 bits per heavy atom. The first-order valence-corrected chi connectivity index (χ1v) is 18.3. The maximum atomic E-state index is 5.28. The van der Waals surface area contributed by atoms with Crippen molar-refractivity contribution in [2.24, 2.45) is 0 Å². The van der Waals surface area contributed by atoms with E-state index >= 15 is 0 Å². The van der Waals surface area contributed by atoms with E-state index in [0.29, 0.717) is 11.5 Å². The van der Waals surface area contributed by atoms with E-state index in [1.165, 1.54) is 58.3 Å². The molecule has 0 atom stereocenters. The SMILES string of the molecule is c1ccc(-c2cccc(-c3nc(-c4cccc(-n5c6ccccc6c6c7ccccc7c7c8ccccc8sc7c65)c4)nc4ncccc34)c2)cc1. The Morgan fingerprint density at radius 1 is 0.462 bits per heavy atom. The number of hydrogen-bond donors (Lipinski definition) is 0. The molecule has 0 aliphatic heterocycles. The fraction of sp³-hybridized carbons (Fsp3) is 0. The molecule has 0 saturated carbocycles. The number of thiophene rings is 1. The Morgan fingerprint density at radius 3 is 2.02 bits per heavy atom. The van der Waals surface area contributed by atoms with Crippen molar-refractivity contribution in [3.63, 3.8) is 0 Å². The highest BCUT2D eigenvalue weighted by Gasteiger charge is 2.22. The van der Waals surface area contributed by atoms with Crippen molar-refractivity contribution in [3.8, 4) is 39.5 Å². The summed E-state index contributed by atoms with van der Waals surface area (Å²) in [5, 5.41) is 8.62. The third kappa shape index (κ3) is 4.36. The van der Waals surface area contributed by atoms with Gasteiger partial charge in [0.25, 0.3) is 0 Å². The number of rotatable bonds is 4. The summed E-state index contributed by atoms with van der Waals surface area (Å²) in [7, 11) is 0. The summed E-state index contributed by atoms with van der Waals surface area (Å²) in [6.45, 7) is 0. The molecule has 0 N–H and O–H groups in total. The van der Waals surface area contributed by atoms with Crippen LogP contribution in [0.1, 0.15) is 0 Å². The summed E-state index contributed by atoms with van der Waals surface area (Å²) in [4.78, 5) is 15.1. The van der Waals surface area contributed by atoms with E-state index in [1.54, 1.807) is 6.20 Å². The summed E-state index contributed by atoms with van der Waals surface area (Å²) in [5.74, 6) is 0.645. The van der Waals surface area contributed by atoms with E-state index in [-0.39, 0.29) is 0 Å². The molecule has 0 amide bonds. The lowest BCUT2D eigenvalue weighted by Gasteiger charge is -2.13. The summed E-state index contributed by atoms with van der Waals surface area (Å²) >= 11 is 1.88. The molecule has 52 heavy (non-hydrogen) atoms. The third-order valence-corrected chi connectivity index (χ3v) is 11.4. The fourth-order valence-corrected chi connectivity index (χ4v) is 9.23. The smallest absolute Gasteiger partial charge is 0.163 e. The average molecular weight is 681 g/mol. The van der Waals surface area contributed by atoms with E-state index in [0.717, 1.165) is 33.5 Å². The zero-order valence-corrected chi connectivity index (χ0v) is 28.7. The monoisotopic (exact) mass is 680 g/mol. The molecule has 4 aromatic heterocycles. The van der Waals surface area contributed by atoms with Crippen LogP contribution in [0.5, 0.6) is 0 Å². The molecule has 4 nitrogen and oxygen atoms in total. The highest BCUT2D eigenvalue weighted by Crippen LogP contribution is 2.48. The number of fused-ring (bicyclic) bond motifs is 11. The van der Waals surface area contributed by atoms with Crippen LogP contribution in [0.25, 0.3) is 103 Å². The molecule has 0 unspecified atom stereocenters. The number of pyridine rings is 1. The van der Waals surface area contributed by atoms with Crippen LogP contribution in [0.4, 0.5) is 0 Å². The van der Waals surface area contributed by atoms with Gasteiger partial charge >= 0.3 is 0 Å².